The maximum absolute atomic E-state index is 12.1. The van der Waals surface area contributed by atoms with E-state index in [9.17, 15) is 8.78 Å². The summed E-state index contributed by atoms with van der Waals surface area (Å²) >= 11 is 0. The summed E-state index contributed by atoms with van der Waals surface area (Å²) in [5.41, 5.74) is 6.85. The Hall–Kier alpha value is -0.910. The van der Waals surface area contributed by atoms with Crippen LogP contribution in [-0.2, 0) is 0 Å². The third kappa shape index (κ3) is 6.59. The van der Waals surface area contributed by atoms with Crippen molar-refractivity contribution in [1.29, 1.82) is 0 Å². The summed E-state index contributed by atoms with van der Waals surface area (Å²) in [7, 11) is 2.03. The van der Waals surface area contributed by atoms with E-state index < -0.39 is 6.61 Å². The molecule has 0 saturated heterocycles. The average molecular weight is 323 g/mol. The summed E-state index contributed by atoms with van der Waals surface area (Å²) in [4.78, 5) is 2.20. The van der Waals surface area contributed by atoms with Gasteiger partial charge in [0.25, 0.3) is 0 Å². The molecule has 122 valence electrons. The monoisotopic (exact) mass is 322 g/mol. The van der Waals surface area contributed by atoms with E-state index in [4.69, 9.17) is 5.73 Å². The van der Waals surface area contributed by atoms with Gasteiger partial charge in [0.15, 0.2) is 0 Å². The lowest BCUT2D eigenvalue weighted by Gasteiger charge is -2.33. The second-order valence-corrected chi connectivity index (χ2v) is 5.91. The van der Waals surface area contributed by atoms with Crippen LogP contribution in [0.15, 0.2) is 24.3 Å². The topological polar surface area (TPSA) is 38.5 Å². The maximum atomic E-state index is 12.1. The molecule has 0 fully saturated rings. The molecule has 0 saturated carbocycles. The Morgan fingerprint density at radius 3 is 2.19 bits per heavy atom. The summed E-state index contributed by atoms with van der Waals surface area (Å²) in [5, 5.41) is 0. The van der Waals surface area contributed by atoms with Gasteiger partial charge in [0, 0.05) is 12.6 Å². The fourth-order valence-corrected chi connectivity index (χ4v) is 2.06. The third-order valence-corrected chi connectivity index (χ3v) is 3.48. The first kappa shape index (κ1) is 20.1. The van der Waals surface area contributed by atoms with Crippen LogP contribution in [0, 0.1) is 5.41 Å². The highest BCUT2D eigenvalue weighted by Crippen LogP contribution is 2.25. The summed E-state index contributed by atoms with van der Waals surface area (Å²) in [6.45, 7) is 5.01. The maximum Gasteiger partial charge on any atom is 0.387 e. The molecule has 0 aliphatic heterocycles. The molecule has 6 heteroatoms. The highest BCUT2D eigenvalue weighted by molar-refractivity contribution is 5.85. The lowest BCUT2D eigenvalue weighted by molar-refractivity contribution is -0.0498. The van der Waals surface area contributed by atoms with Crippen LogP contribution in [0.4, 0.5) is 8.78 Å². The molecule has 1 aromatic carbocycles. The molecular weight excluding hydrogens is 298 g/mol. The Morgan fingerprint density at radius 1 is 1.24 bits per heavy atom. The number of nitrogens with zero attached hydrogens (tertiary/aromatic N) is 1. The zero-order chi connectivity index (χ0) is 15.3. The van der Waals surface area contributed by atoms with Gasteiger partial charge < -0.3 is 10.5 Å². The van der Waals surface area contributed by atoms with Gasteiger partial charge in [-0.15, -0.1) is 12.4 Å². The van der Waals surface area contributed by atoms with E-state index in [2.05, 4.69) is 30.4 Å². The Morgan fingerprint density at radius 2 is 1.76 bits per heavy atom. The molecule has 0 aliphatic carbocycles. The zero-order valence-electron chi connectivity index (χ0n) is 13.0. The lowest BCUT2D eigenvalue weighted by atomic mass is 9.92. The van der Waals surface area contributed by atoms with Crippen LogP contribution in [0.3, 0.4) is 0 Å². The fourth-order valence-electron chi connectivity index (χ4n) is 2.06. The van der Waals surface area contributed by atoms with Gasteiger partial charge in [0.2, 0.25) is 0 Å². The predicted octanol–water partition coefficient (Wildman–Crippen LogP) is 3.69. The van der Waals surface area contributed by atoms with Crippen molar-refractivity contribution < 1.29 is 13.5 Å². The lowest BCUT2D eigenvalue weighted by Crippen LogP contribution is -2.37. The first-order valence-electron chi connectivity index (χ1n) is 6.70. The summed E-state index contributed by atoms with van der Waals surface area (Å²) in [6, 6.07) is 6.95. The van der Waals surface area contributed by atoms with Crippen molar-refractivity contribution in [2.75, 3.05) is 20.1 Å². The quantitative estimate of drug-likeness (QED) is 0.832. The molecule has 21 heavy (non-hydrogen) atoms. The van der Waals surface area contributed by atoms with E-state index in [1.54, 1.807) is 12.1 Å². The minimum atomic E-state index is -2.79. The largest absolute Gasteiger partial charge is 0.435 e. The van der Waals surface area contributed by atoms with Crippen LogP contribution in [0.5, 0.6) is 5.75 Å². The minimum Gasteiger partial charge on any atom is -0.435 e. The van der Waals surface area contributed by atoms with Crippen molar-refractivity contribution in [3.05, 3.63) is 29.8 Å². The molecule has 0 bridgehead atoms. The molecule has 1 aromatic rings. The Labute approximate surface area is 131 Å². The van der Waals surface area contributed by atoms with E-state index in [1.165, 1.54) is 0 Å². The van der Waals surface area contributed by atoms with Crippen LogP contribution in [-0.4, -0.2) is 31.6 Å². The number of benzene rings is 1. The van der Waals surface area contributed by atoms with E-state index in [-0.39, 0.29) is 29.6 Å². The number of hydrogen-bond acceptors (Lipinski definition) is 3. The fraction of sp³-hybridized carbons (Fsp3) is 0.600. The minimum absolute atomic E-state index is 0. The second kappa shape index (κ2) is 8.51. The van der Waals surface area contributed by atoms with Crippen LogP contribution < -0.4 is 10.5 Å². The summed E-state index contributed by atoms with van der Waals surface area (Å²) in [5.74, 6) is 0.181. The third-order valence-electron chi connectivity index (χ3n) is 3.48. The van der Waals surface area contributed by atoms with Gasteiger partial charge >= 0.3 is 6.61 Å². The van der Waals surface area contributed by atoms with Crippen molar-refractivity contribution in [2.45, 2.75) is 33.4 Å². The molecule has 0 aliphatic rings. The molecule has 1 unspecified atom stereocenters. The zero-order valence-corrected chi connectivity index (χ0v) is 13.8. The van der Waals surface area contributed by atoms with Gasteiger partial charge in [-0.25, -0.2) is 0 Å². The number of nitrogens with two attached hydrogens (primary N) is 1. The molecule has 2 N–H and O–H groups in total. The Balaban J connectivity index is 0.00000400. The normalized spacial score (nSPS) is 13.2. The average Bonchev–Trinajstić information content (AvgIpc) is 2.37. The standard InChI is InChI=1S/C15H24F2N2O.ClH/c1-11(19(4)10-15(2,3)9-18)12-5-7-13(8-6-12)20-14(16)17;/h5-8,11,14H,9-10,18H2,1-4H3;1H. The molecular formula is C15H25ClF2N2O. The highest BCUT2D eigenvalue weighted by atomic mass is 35.5. The van der Waals surface area contributed by atoms with E-state index >= 15 is 0 Å². The van der Waals surface area contributed by atoms with Gasteiger partial charge in [0.1, 0.15) is 5.75 Å². The van der Waals surface area contributed by atoms with Crippen LogP contribution in [0.2, 0.25) is 0 Å². The van der Waals surface area contributed by atoms with Gasteiger partial charge in [-0.3, -0.25) is 4.90 Å². The Kier molecular flexibility index (Phi) is 8.14. The number of alkyl halides is 2. The SMILES string of the molecule is CC(c1ccc(OC(F)F)cc1)N(C)CC(C)(C)CN.Cl. The van der Waals surface area contributed by atoms with E-state index in [1.807, 2.05) is 19.2 Å². The molecule has 0 amide bonds. The van der Waals surface area contributed by atoms with E-state index in [0.717, 1.165) is 12.1 Å². The van der Waals surface area contributed by atoms with Crippen molar-refractivity contribution in [3.8, 4) is 5.75 Å². The molecule has 0 spiro atoms. The van der Waals surface area contributed by atoms with Crippen LogP contribution in [0.1, 0.15) is 32.4 Å². The van der Waals surface area contributed by atoms with Crippen molar-refractivity contribution in [1.82, 2.24) is 4.90 Å². The van der Waals surface area contributed by atoms with Crippen molar-refractivity contribution in [3.63, 3.8) is 0 Å². The van der Waals surface area contributed by atoms with Gasteiger partial charge in [-0.1, -0.05) is 26.0 Å². The van der Waals surface area contributed by atoms with Gasteiger partial charge in [-0.2, -0.15) is 8.78 Å². The Bertz CT molecular complexity index is 413. The summed E-state index contributed by atoms with van der Waals surface area (Å²) in [6.07, 6.45) is 0. The first-order valence-corrected chi connectivity index (χ1v) is 6.70. The van der Waals surface area contributed by atoms with Crippen molar-refractivity contribution in [2.24, 2.45) is 11.1 Å². The van der Waals surface area contributed by atoms with Gasteiger partial charge in [-0.05, 0) is 43.6 Å². The molecule has 0 heterocycles. The van der Waals surface area contributed by atoms with Crippen molar-refractivity contribution >= 4 is 12.4 Å². The molecule has 1 rings (SSSR count). The molecule has 0 aromatic heterocycles. The first-order chi connectivity index (χ1) is 9.25. The summed E-state index contributed by atoms with van der Waals surface area (Å²) < 4.78 is 28.5. The number of ether oxygens (including phenoxy) is 1. The predicted molar refractivity (Wildman–Crippen MR) is 84.2 cm³/mol. The molecule has 1 atom stereocenters. The number of rotatable bonds is 7. The van der Waals surface area contributed by atoms with Crippen LogP contribution in [0.25, 0.3) is 0 Å². The second-order valence-electron chi connectivity index (χ2n) is 5.91. The smallest absolute Gasteiger partial charge is 0.387 e. The molecule has 3 nitrogen and oxygen atoms in total. The number of hydrogen-bond donors (Lipinski definition) is 1. The van der Waals surface area contributed by atoms with Crippen LogP contribution >= 0.6 is 12.4 Å². The van der Waals surface area contributed by atoms with Gasteiger partial charge in [0.05, 0.1) is 0 Å². The van der Waals surface area contributed by atoms with E-state index in [0.29, 0.717) is 6.54 Å². The molecule has 0 radical (unpaired) electrons. The number of halogens is 3. The highest BCUT2D eigenvalue weighted by Gasteiger charge is 2.21.